The number of carbonyl (C=O) groups is 2. The first-order chi connectivity index (χ1) is 13.7. The molecule has 0 radical (unpaired) electrons. The van der Waals surface area contributed by atoms with Gasteiger partial charge >= 0.3 is 0 Å². The van der Waals surface area contributed by atoms with Gasteiger partial charge in [0, 0.05) is 11.7 Å². The van der Waals surface area contributed by atoms with Crippen LogP contribution < -0.4 is 10.2 Å². The van der Waals surface area contributed by atoms with Crippen molar-refractivity contribution in [2.24, 2.45) is 0 Å². The van der Waals surface area contributed by atoms with Gasteiger partial charge < -0.3 is 9.73 Å². The highest BCUT2D eigenvalue weighted by Crippen LogP contribution is 2.24. The number of nitrogens with one attached hydrogen (secondary N) is 1. The lowest BCUT2D eigenvalue weighted by molar-refractivity contribution is -0.123. The van der Waals surface area contributed by atoms with Crippen LogP contribution in [0.4, 0.5) is 5.69 Å². The zero-order valence-corrected chi connectivity index (χ0v) is 16.6. The molecule has 0 spiro atoms. The highest BCUT2D eigenvalue weighted by Gasteiger charge is 2.33. The maximum atomic E-state index is 13.3. The van der Waals surface area contributed by atoms with Gasteiger partial charge in [0.2, 0.25) is 5.91 Å². The van der Waals surface area contributed by atoms with Crippen molar-refractivity contribution in [3.63, 3.8) is 0 Å². The molecule has 0 saturated heterocycles. The second-order valence-electron chi connectivity index (χ2n) is 7.49. The summed E-state index contributed by atoms with van der Waals surface area (Å²) in [7, 11) is 0. The Labute approximate surface area is 167 Å². The molecule has 28 heavy (non-hydrogen) atoms. The molecule has 1 fully saturated rings. The summed E-state index contributed by atoms with van der Waals surface area (Å²) in [5, 5.41) is 3.21. The van der Waals surface area contributed by atoms with Gasteiger partial charge in [-0.25, -0.2) is 0 Å². The Bertz CT molecular complexity index is 736. The number of anilines is 1. The Morgan fingerprint density at radius 3 is 2.50 bits per heavy atom. The first-order valence-electron chi connectivity index (χ1n) is 10.4. The van der Waals surface area contributed by atoms with Gasteiger partial charge in [-0.1, -0.05) is 57.2 Å². The third-order valence-corrected chi connectivity index (χ3v) is 5.38. The zero-order valence-electron chi connectivity index (χ0n) is 16.6. The van der Waals surface area contributed by atoms with Gasteiger partial charge in [-0.2, -0.15) is 0 Å². The molecule has 1 aromatic carbocycles. The number of carbonyl (C=O) groups excluding carboxylic acids is 2. The summed E-state index contributed by atoms with van der Waals surface area (Å²) in [6, 6.07) is 12.4. The Kier molecular flexibility index (Phi) is 7.29. The predicted molar refractivity (Wildman–Crippen MR) is 110 cm³/mol. The summed E-state index contributed by atoms with van der Waals surface area (Å²) in [6.45, 7) is 2.09. The van der Waals surface area contributed by atoms with Crippen LogP contribution in [-0.4, -0.2) is 23.9 Å². The van der Waals surface area contributed by atoms with Crippen LogP contribution in [0.2, 0.25) is 0 Å². The van der Waals surface area contributed by atoms with E-state index in [2.05, 4.69) is 12.2 Å². The van der Waals surface area contributed by atoms with Crippen molar-refractivity contribution in [1.82, 2.24) is 5.32 Å². The first-order valence-corrected chi connectivity index (χ1v) is 10.4. The summed E-state index contributed by atoms with van der Waals surface area (Å²) in [6.07, 6.45) is 9.51. The molecule has 150 valence electrons. The fourth-order valence-corrected chi connectivity index (χ4v) is 3.87. The lowest BCUT2D eigenvalue weighted by Gasteiger charge is -2.32. The minimum Gasteiger partial charge on any atom is -0.459 e. The molecule has 0 aliphatic heterocycles. The van der Waals surface area contributed by atoms with Gasteiger partial charge in [0.15, 0.2) is 5.76 Å². The van der Waals surface area contributed by atoms with Gasteiger partial charge in [-0.05, 0) is 43.5 Å². The summed E-state index contributed by atoms with van der Waals surface area (Å²) >= 11 is 0. The number of unbranched alkanes of at least 4 members (excludes halogenated alkanes) is 1. The van der Waals surface area contributed by atoms with E-state index in [1.54, 1.807) is 17.0 Å². The van der Waals surface area contributed by atoms with E-state index in [0.29, 0.717) is 12.1 Å². The molecular formula is C23H30N2O3. The number of benzene rings is 1. The normalized spacial score (nSPS) is 15.8. The molecular weight excluding hydrogens is 352 g/mol. The molecule has 5 nitrogen and oxygen atoms in total. The second-order valence-corrected chi connectivity index (χ2v) is 7.49. The van der Waals surface area contributed by atoms with E-state index in [-0.39, 0.29) is 23.6 Å². The van der Waals surface area contributed by atoms with E-state index < -0.39 is 6.04 Å². The molecule has 1 atom stereocenters. The Hall–Kier alpha value is -2.56. The number of amides is 2. The van der Waals surface area contributed by atoms with Gasteiger partial charge in [0.25, 0.3) is 5.91 Å². The third kappa shape index (κ3) is 5.03. The highest BCUT2D eigenvalue weighted by molar-refractivity contribution is 6.08. The van der Waals surface area contributed by atoms with Crippen LogP contribution in [0.3, 0.4) is 0 Å². The maximum absolute atomic E-state index is 13.3. The van der Waals surface area contributed by atoms with Gasteiger partial charge in [0.1, 0.15) is 6.04 Å². The average molecular weight is 383 g/mol. The molecule has 2 aromatic rings. The van der Waals surface area contributed by atoms with Crippen LogP contribution in [-0.2, 0) is 4.79 Å². The predicted octanol–water partition coefficient (Wildman–Crippen LogP) is 4.93. The van der Waals surface area contributed by atoms with Gasteiger partial charge in [0.05, 0.1) is 6.26 Å². The van der Waals surface area contributed by atoms with Crippen LogP contribution in [0.15, 0.2) is 53.1 Å². The third-order valence-electron chi connectivity index (χ3n) is 5.38. The number of rotatable bonds is 8. The lowest BCUT2D eigenvalue weighted by Crippen LogP contribution is -2.52. The molecule has 2 amide bonds. The van der Waals surface area contributed by atoms with Crippen molar-refractivity contribution in [2.75, 3.05) is 4.90 Å². The van der Waals surface area contributed by atoms with Crippen LogP contribution in [0.25, 0.3) is 0 Å². The lowest BCUT2D eigenvalue weighted by atomic mass is 9.95. The average Bonchev–Trinajstić information content (AvgIpc) is 3.27. The summed E-state index contributed by atoms with van der Waals surface area (Å²) < 4.78 is 5.36. The number of nitrogens with zero attached hydrogens (tertiary/aromatic N) is 1. The fourth-order valence-electron chi connectivity index (χ4n) is 3.87. The molecule has 1 N–H and O–H groups in total. The Morgan fingerprint density at radius 2 is 1.86 bits per heavy atom. The van der Waals surface area contributed by atoms with Crippen molar-refractivity contribution in [1.29, 1.82) is 0 Å². The zero-order chi connectivity index (χ0) is 19.8. The van der Waals surface area contributed by atoms with Crippen LogP contribution in [0.5, 0.6) is 0 Å². The minimum atomic E-state index is -0.554. The molecule has 1 heterocycles. The number of hydrogen-bond acceptors (Lipinski definition) is 3. The van der Waals surface area contributed by atoms with E-state index in [9.17, 15) is 9.59 Å². The van der Waals surface area contributed by atoms with Crippen molar-refractivity contribution in [3.05, 3.63) is 54.5 Å². The van der Waals surface area contributed by atoms with E-state index in [1.807, 2.05) is 30.3 Å². The van der Waals surface area contributed by atoms with Gasteiger partial charge in [-0.15, -0.1) is 0 Å². The molecule has 1 aliphatic rings. The van der Waals surface area contributed by atoms with E-state index in [4.69, 9.17) is 4.42 Å². The summed E-state index contributed by atoms with van der Waals surface area (Å²) in [5.74, 6) is -0.101. The maximum Gasteiger partial charge on any atom is 0.294 e. The molecule has 0 unspecified atom stereocenters. The monoisotopic (exact) mass is 382 g/mol. The minimum absolute atomic E-state index is 0.0656. The van der Waals surface area contributed by atoms with Crippen molar-refractivity contribution < 1.29 is 14.0 Å². The number of para-hydroxylation sites is 1. The molecule has 1 saturated carbocycles. The quantitative estimate of drug-likeness (QED) is 0.704. The number of furan rings is 1. The van der Waals surface area contributed by atoms with E-state index in [0.717, 1.165) is 38.5 Å². The smallest absolute Gasteiger partial charge is 0.294 e. The largest absolute Gasteiger partial charge is 0.459 e. The van der Waals surface area contributed by atoms with Crippen molar-refractivity contribution in [3.8, 4) is 0 Å². The Balaban J connectivity index is 1.89. The first kappa shape index (κ1) is 20.2. The van der Waals surface area contributed by atoms with Crippen LogP contribution >= 0.6 is 0 Å². The second kappa shape index (κ2) is 10.1. The van der Waals surface area contributed by atoms with Crippen LogP contribution in [0.1, 0.15) is 68.8 Å². The summed E-state index contributed by atoms with van der Waals surface area (Å²) in [5.41, 5.74) is 0.712. The van der Waals surface area contributed by atoms with Crippen LogP contribution in [0, 0.1) is 0 Å². The van der Waals surface area contributed by atoms with Crippen molar-refractivity contribution >= 4 is 17.5 Å². The molecule has 5 heteroatoms. The molecule has 1 aromatic heterocycles. The number of hydrogen-bond donors (Lipinski definition) is 1. The Morgan fingerprint density at radius 1 is 1.11 bits per heavy atom. The van der Waals surface area contributed by atoms with Gasteiger partial charge in [-0.3, -0.25) is 14.5 Å². The molecule has 3 rings (SSSR count). The molecule has 1 aliphatic carbocycles. The highest BCUT2D eigenvalue weighted by atomic mass is 16.3. The van der Waals surface area contributed by atoms with E-state index >= 15 is 0 Å². The van der Waals surface area contributed by atoms with Crippen molar-refractivity contribution in [2.45, 2.75) is 70.4 Å². The topological polar surface area (TPSA) is 62.6 Å². The fraction of sp³-hybridized carbons (Fsp3) is 0.478. The summed E-state index contributed by atoms with van der Waals surface area (Å²) in [4.78, 5) is 28.1. The standard InChI is InChI=1S/C23H30N2O3/c1-2-3-15-20(22(26)24-18-11-6-4-7-12-18)25(19-13-8-5-9-14-19)23(27)21-16-10-17-28-21/h5,8-10,13-14,16-18,20H,2-4,6-7,11-12,15H2,1H3,(H,24,26)/t20-/m0/s1. The molecule has 0 bridgehead atoms. The SMILES string of the molecule is CCCC[C@@H](C(=O)NC1CCCCC1)N(C(=O)c1ccco1)c1ccccc1. The van der Waals surface area contributed by atoms with E-state index in [1.165, 1.54) is 12.7 Å².